The number of hydrogen-bond donors (Lipinski definition) is 1. The molecule has 0 fully saturated rings. The van der Waals surface area contributed by atoms with E-state index in [1.54, 1.807) is 20.8 Å². The van der Waals surface area contributed by atoms with Crippen LogP contribution in [0.15, 0.2) is 6.07 Å². The predicted octanol–water partition coefficient (Wildman–Crippen LogP) is 2.41. The molecule has 8 heteroatoms. The maximum atomic E-state index is 12.2. The Morgan fingerprint density at radius 1 is 1.41 bits per heavy atom. The minimum atomic E-state index is -0.888. The van der Waals surface area contributed by atoms with Crippen molar-refractivity contribution in [1.82, 2.24) is 0 Å². The second-order valence-electron chi connectivity index (χ2n) is 5.40. The zero-order valence-electron chi connectivity index (χ0n) is 13.1. The van der Waals surface area contributed by atoms with Gasteiger partial charge in [0.15, 0.2) is 17.7 Å². The molecule has 1 N–H and O–H groups in total. The molecule has 1 rings (SSSR count). The lowest BCUT2D eigenvalue weighted by molar-refractivity contribution is -0.384. The van der Waals surface area contributed by atoms with E-state index in [1.165, 1.54) is 14.2 Å². The molecule has 0 unspecified atom stereocenters. The molecule has 0 amide bonds. The Labute approximate surface area is 127 Å². The first-order valence-corrected chi connectivity index (χ1v) is 6.42. The predicted molar refractivity (Wildman–Crippen MR) is 79.8 cm³/mol. The number of hydrogen-bond acceptors (Lipinski definition) is 7. The lowest BCUT2D eigenvalue weighted by atomic mass is 10.0. The summed E-state index contributed by atoms with van der Waals surface area (Å²) < 4.78 is 10.2. The molecular formula is C14H18N2O6. The quantitative estimate of drug-likeness (QED) is 0.385. The minimum Gasteiger partial charge on any atom is -0.494 e. The van der Waals surface area contributed by atoms with Gasteiger partial charge in [0.25, 0.3) is 0 Å². The van der Waals surface area contributed by atoms with Gasteiger partial charge in [-0.1, -0.05) is 0 Å². The number of nitrogens with one attached hydrogen (secondary N) is 1. The number of nitro benzene ring substituents is 1. The molecule has 1 aromatic carbocycles. The molecule has 0 heterocycles. The normalized spacial score (nSPS) is 10.8. The van der Waals surface area contributed by atoms with Gasteiger partial charge in [-0.05, 0) is 26.8 Å². The molecule has 0 saturated heterocycles. The van der Waals surface area contributed by atoms with Crippen LogP contribution in [-0.4, -0.2) is 36.9 Å². The molecule has 0 aliphatic heterocycles. The highest BCUT2D eigenvalue weighted by Crippen LogP contribution is 2.40. The SMILES string of the molecule is CNc1c(OC)c(C=O)cc(C(=O)OC(C)(C)C)c1[N+](=O)[O-]. The largest absolute Gasteiger partial charge is 0.494 e. The number of methoxy groups -OCH3 is 1. The third-order valence-corrected chi connectivity index (χ3v) is 2.66. The van der Waals surface area contributed by atoms with E-state index in [0.717, 1.165) is 6.07 Å². The number of nitro groups is 1. The second-order valence-corrected chi connectivity index (χ2v) is 5.40. The van der Waals surface area contributed by atoms with Gasteiger partial charge in [-0.2, -0.15) is 0 Å². The van der Waals surface area contributed by atoms with Gasteiger partial charge in [0.2, 0.25) is 0 Å². The smallest absolute Gasteiger partial charge is 0.345 e. The van der Waals surface area contributed by atoms with Gasteiger partial charge in [0.1, 0.15) is 11.2 Å². The van der Waals surface area contributed by atoms with E-state index in [0.29, 0.717) is 6.29 Å². The fourth-order valence-electron chi connectivity index (χ4n) is 1.89. The number of rotatable bonds is 5. The molecule has 0 bridgehead atoms. The van der Waals surface area contributed by atoms with Crippen molar-refractivity contribution in [3.05, 3.63) is 27.3 Å². The molecule has 8 nitrogen and oxygen atoms in total. The molecular weight excluding hydrogens is 292 g/mol. The number of nitrogens with zero attached hydrogens (tertiary/aromatic N) is 1. The molecule has 0 atom stereocenters. The zero-order valence-corrected chi connectivity index (χ0v) is 13.1. The van der Waals surface area contributed by atoms with Gasteiger partial charge in [0, 0.05) is 7.05 Å². The van der Waals surface area contributed by atoms with Crippen molar-refractivity contribution in [2.45, 2.75) is 26.4 Å². The lowest BCUT2D eigenvalue weighted by Gasteiger charge is -2.20. The van der Waals surface area contributed by atoms with Crippen LogP contribution in [0.25, 0.3) is 0 Å². The Bertz CT molecular complexity index is 619. The summed E-state index contributed by atoms with van der Waals surface area (Å²) in [6, 6.07) is 1.10. The monoisotopic (exact) mass is 310 g/mol. The molecule has 0 radical (unpaired) electrons. The first-order chi connectivity index (χ1) is 10.2. The molecule has 0 aromatic heterocycles. The molecule has 0 aliphatic rings. The summed E-state index contributed by atoms with van der Waals surface area (Å²) in [6.45, 7) is 4.92. The fourth-order valence-corrected chi connectivity index (χ4v) is 1.89. The Kier molecular flexibility index (Phi) is 5.08. The summed E-state index contributed by atoms with van der Waals surface area (Å²) in [5, 5.41) is 13.9. The Balaban J connectivity index is 3.65. The fraction of sp³-hybridized carbons (Fsp3) is 0.429. The number of carbonyl (C=O) groups excluding carboxylic acids is 2. The van der Waals surface area contributed by atoms with E-state index in [1.807, 2.05) is 0 Å². The third kappa shape index (κ3) is 3.51. The number of benzene rings is 1. The van der Waals surface area contributed by atoms with Crippen molar-refractivity contribution in [1.29, 1.82) is 0 Å². The second kappa shape index (κ2) is 6.42. The molecule has 0 aliphatic carbocycles. The Morgan fingerprint density at radius 2 is 2.00 bits per heavy atom. The van der Waals surface area contributed by atoms with Crippen molar-refractivity contribution in [2.75, 3.05) is 19.5 Å². The third-order valence-electron chi connectivity index (χ3n) is 2.66. The highest BCUT2D eigenvalue weighted by molar-refractivity contribution is 6.01. The van der Waals surface area contributed by atoms with Crippen LogP contribution in [0.2, 0.25) is 0 Å². The van der Waals surface area contributed by atoms with Crippen LogP contribution >= 0.6 is 0 Å². The zero-order chi connectivity index (χ0) is 17.1. The van der Waals surface area contributed by atoms with Crippen LogP contribution in [0.5, 0.6) is 5.75 Å². The maximum Gasteiger partial charge on any atom is 0.345 e. The van der Waals surface area contributed by atoms with Crippen molar-refractivity contribution >= 4 is 23.6 Å². The topological polar surface area (TPSA) is 108 Å². The van der Waals surface area contributed by atoms with Crippen molar-refractivity contribution < 1.29 is 24.0 Å². The van der Waals surface area contributed by atoms with Crippen LogP contribution in [0, 0.1) is 10.1 Å². The van der Waals surface area contributed by atoms with E-state index in [2.05, 4.69) is 5.32 Å². The molecule has 0 spiro atoms. The van der Waals surface area contributed by atoms with E-state index in [4.69, 9.17) is 9.47 Å². The lowest BCUT2D eigenvalue weighted by Crippen LogP contribution is -2.24. The van der Waals surface area contributed by atoms with E-state index >= 15 is 0 Å². The average molecular weight is 310 g/mol. The molecule has 0 saturated carbocycles. The summed E-state index contributed by atoms with van der Waals surface area (Å²) in [5.74, 6) is -0.891. The standard InChI is InChI=1S/C14H18N2O6/c1-14(2,3)22-13(18)9-6-8(7-17)12(21-5)10(15-4)11(9)16(19)20/h6-7,15H,1-5H3. The summed E-state index contributed by atoms with van der Waals surface area (Å²) in [7, 11) is 2.71. The van der Waals surface area contributed by atoms with Crippen LogP contribution in [0.3, 0.4) is 0 Å². The minimum absolute atomic E-state index is 0.00323. The first kappa shape index (κ1) is 17.4. The van der Waals surface area contributed by atoms with E-state index in [9.17, 15) is 19.7 Å². The van der Waals surface area contributed by atoms with Gasteiger partial charge in [0.05, 0.1) is 17.6 Å². The maximum absolute atomic E-state index is 12.2. The van der Waals surface area contributed by atoms with Crippen molar-refractivity contribution in [2.24, 2.45) is 0 Å². The van der Waals surface area contributed by atoms with E-state index in [-0.39, 0.29) is 22.6 Å². The summed E-state index contributed by atoms with van der Waals surface area (Å²) in [6.07, 6.45) is 0.456. The van der Waals surface area contributed by atoms with Crippen molar-refractivity contribution in [3.8, 4) is 5.75 Å². The Morgan fingerprint density at radius 3 is 2.36 bits per heavy atom. The molecule has 120 valence electrons. The first-order valence-electron chi connectivity index (χ1n) is 6.42. The van der Waals surface area contributed by atoms with E-state index < -0.39 is 22.2 Å². The molecule has 1 aromatic rings. The highest BCUT2D eigenvalue weighted by Gasteiger charge is 2.32. The number of ether oxygens (including phenoxy) is 2. The summed E-state index contributed by atoms with van der Waals surface area (Å²) >= 11 is 0. The number of carbonyl (C=O) groups is 2. The van der Waals surface area contributed by atoms with Gasteiger partial charge in [-0.3, -0.25) is 14.9 Å². The van der Waals surface area contributed by atoms with Gasteiger partial charge < -0.3 is 14.8 Å². The van der Waals surface area contributed by atoms with Gasteiger partial charge in [-0.15, -0.1) is 0 Å². The van der Waals surface area contributed by atoms with Crippen LogP contribution < -0.4 is 10.1 Å². The average Bonchev–Trinajstić information content (AvgIpc) is 2.42. The van der Waals surface area contributed by atoms with Gasteiger partial charge in [-0.25, -0.2) is 4.79 Å². The molecule has 22 heavy (non-hydrogen) atoms. The number of anilines is 1. The number of aldehydes is 1. The summed E-state index contributed by atoms with van der Waals surface area (Å²) in [5.41, 5.74) is -1.69. The Hall–Kier alpha value is -2.64. The summed E-state index contributed by atoms with van der Waals surface area (Å²) in [4.78, 5) is 34.0. The van der Waals surface area contributed by atoms with Crippen LogP contribution in [0.1, 0.15) is 41.5 Å². The van der Waals surface area contributed by atoms with Gasteiger partial charge >= 0.3 is 11.7 Å². The van der Waals surface area contributed by atoms with Crippen LogP contribution in [-0.2, 0) is 4.74 Å². The van der Waals surface area contributed by atoms with Crippen molar-refractivity contribution in [3.63, 3.8) is 0 Å². The number of esters is 1. The van der Waals surface area contributed by atoms with Crippen LogP contribution in [0.4, 0.5) is 11.4 Å². The highest BCUT2D eigenvalue weighted by atomic mass is 16.6.